The molecule has 5 aliphatic heterocycles. The summed E-state index contributed by atoms with van der Waals surface area (Å²) in [6.45, 7) is 7.96. The number of hydrogen-bond donors (Lipinski definition) is 1. The Morgan fingerprint density at radius 2 is 1.34 bits per heavy atom. The Hall–Kier alpha value is -2.77. The summed E-state index contributed by atoms with van der Waals surface area (Å²) in [5.41, 5.74) is 8.48. The molecule has 264 valence electrons. The first kappa shape index (κ1) is 37.1. The van der Waals surface area contributed by atoms with Crippen molar-refractivity contribution >= 4 is 23.6 Å². The number of ether oxygens (including phenoxy) is 2. The second-order valence-electron chi connectivity index (χ2n) is 13.6. The van der Waals surface area contributed by atoms with Gasteiger partial charge in [0.2, 0.25) is 5.91 Å². The quantitative estimate of drug-likeness (QED) is 0.128. The minimum atomic E-state index is -0.215. The van der Waals surface area contributed by atoms with Crippen LogP contribution in [0.3, 0.4) is 0 Å². The zero-order valence-corrected chi connectivity index (χ0v) is 28.4. The normalized spacial score (nSPS) is 30.5. The maximum atomic E-state index is 13.4. The third-order valence-electron chi connectivity index (χ3n) is 10.1. The lowest BCUT2D eigenvalue weighted by atomic mass is 10.0. The van der Waals surface area contributed by atoms with Crippen LogP contribution in [-0.2, 0) is 28.7 Å². The topological polar surface area (TPSA) is 160 Å². The molecule has 7 fully saturated rings. The first-order chi connectivity index (χ1) is 22.8. The molecule has 1 N–H and O–H groups in total. The molecule has 5 heterocycles. The fraction of sp³-hybridized carbons (Fsp3) is 0.879. The van der Waals surface area contributed by atoms with Crippen molar-refractivity contribution in [2.24, 2.45) is 17.0 Å². The van der Waals surface area contributed by atoms with Crippen LogP contribution >= 0.6 is 0 Å². The van der Waals surface area contributed by atoms with E-state index in [4.69, 9.17) is 15.0 Å². The molecule has 4 unspecified atom stereocenters. The summed E-state index contributed by atoms with van der Waals surface area (Å²) < 4.78 is 12.2. The van der Waals surface area contributed by atoms with Gasteiger partial charge in [-0.25, -0.2) is 0 Å². The van der Waals surface area contributed by atoms with E-state index in [0.717, 1.165) is 51.4 Å². The second kappa shape index (κ2) is 19.9. The molecular weight excluding hydrogens is 604 g/mol. The summed E-state index contributed by atoms with van der Waals surface area (Å²) in [6.07, 6.45) is 8.74. The van der Waals surface area contributed by atoms with Crippen molar-refractivity contribution in [3.63, 3.8) is 0 Å². The summed E-state index contributed by atoms with van der Waals surface area (Å²) in [7, 11) is 0. The summed E-state index contributed by atoms with van der Waals surface area (Å²) in [5.74, 6) is 0.433. The number of nitrogens with one attached hydrogen (secondary N) is 1. The lowest BCUT2D eigenvalue weighted by Gasteiger charge is -2.33. The smallest absolute Gasteiger partial charge is 0.320 e. The van der Waals surface area contributed by atoms with Crippen molar-refractivity contribution in [3.8, 4) is 0 Å². The summed E-state index contributed by atoms with van der Waals surface area (Å²) in [4.78, 5) is 63.2. The molecule has 5 saturated heterocycles. The fourth-order valence-electron chi connectivity index (χ4n) is 7.14. The molecule has 0 radical (unpaired) electrons. The number of Topliss-reactive ketones (excluding diaryl/α,β-unsaturated/α-hetero) is 1. The number of carbonyl (C=O) groups excluding carboxylic acids is 4. The van der Waals surface area contributed by atoms with Crippen LogP contribution in [0.2, 0.25) is 0 Å². The van der Waals surface area contributed by atoms with Crippen LogP contribution < -0.4 is 5.32 Å². The standard InChI is InChI=1S/C33H56N8O6/c1-2-26(42)22-38-14-18-40-20-16-39(23-30(43)35-12-7-13-36-37-34)17-21-41(19-15-38)25-32(45)47-33-28-10-5-3-8-27(46-31(44)24-40)9-4-6-11-29(28)33/h27-29,33H,2-25H2,1H3,(H,35,43)/t27-,28?,29?,33+. The number of rotatable bonds is 9. The molecule has 0 aromatic rings. The van der Waals surface area contributed by atoms with Gasteiger partial charge in [0.25, 0.3) is 0 Å². The van der Waals surface area contributed by atoms with Gasteiger partial charge in [0.05, 0.1) is 26.2 Å². The zero-order chi connectivity index (χ0) is 33.4. The van der Waals surface area contributed by atoms with Crippen molar-refractivity contribution < 1.29 is 28.7 Å². The van der Waals surface area contributed by atoms with Gasteiger partial charge in [0.1, 0.15) is 18.0 Å². The van der Waals surface area contributed by atoms with E-state index >= 15 is 0 Å². The largest absolute Gasteiger partial charge is 0.461 e. The number of amides is 1. The van der Waals surface area contributed by atoms with Crippen molar-refractivity contribution in [3.05, 3.63) is 10.4 Å². The van der Waals surface area contributed by atoms with Gasteiger partial charge in [-0.05, 0) is 50.5 Å². The molecule has 14 nitrogen and oxygen atoms in total. The zero-order valence-electron chi connectivity index (χ0n) is 28.4. The predicted octanol–water partition coefficient (Wildman–Crippen LogP) is 2.22. The second-order valence-corrected chi connectivity index (χ2v) is 13.6. The first-order valence-corrected chi connectivity index (χ1v) is 17.9. The van der Waals surface area contributed by atoms with E-state index < -0.39 is 0 Å². The molecule has 2 aliphatic carbocycles. The number of carbonyl (C=O) groups is 4. The number of esters is 2. The monoisotopic (exact) mass is 660 g/mol. The summed E-state index contributed by atoms with van der Waals surface area (Å²) >= 11 is 0. The Balaban J connectivity index is 1.53. The number of hydrogen-bond acceptors (Lipinski definition) is 11. The maximum Gasteiger partial charge on any atom is 0.320 e. The molecule has 4 atom stereocenters. The lowest BCUT2D eigenvalue weighted by Crippen LogP contribution is -2.50. The van der Waals surface area contributed by atoms with Gasteiger partial charge in [-0.1, -0.05) is 24.9 Å². The summed E-state index contributed by atoms with van der Waals surface area (Å²) in [5, 5.41) is 6.42. The first-order valence-electron chi connectivity index (χ1n) is 17.9. The molecule has 7 aliphatic rings. The van der Waals surface area contributed by atoms with E-state index in [-0.39, 0.29) is 55.5 Å². The maximum absolute atomic E-state index is 13.4. The SMILES string of the molecule is CCC(=O)CN1CCN2CCN(CC(=O)NCCCN=[N+]=[N-])CCN(CC1)CC(=O)O[C@H]1C3CCCC[C@H](CCCCC31)OC(=O)C2. The van der Waals surface area contributed by atoms with Crippen LogP contribution in [-0.4, -0.2) is 147 Å². The Morgan fingerprint density at radius 1 is 0.809 bits per heavy atom. The molecular formula is C33H56N8O6. The van der Waals surface area contributed by atoms with Crippen LogP contribution in [0.15, 0.2) is 5.11 Å². The van der Waals surface area contributed by atoms with Gasteiger partial charge >= 0.3 is 11.9 Å². The van der Waals surface area contributed by atoms with Gasteiger partial charge < -0.3 is 14.8 Å². The fourth-order valence-corrected chi connectivity index (χ4v) is 7.14. The van der Waals surface area contributed by atoms with Gasteiger partial charge in [-0.2, -0.15) is 0 Å². The molecule has 0 aromatic carbocycles. The van der Waals surface area contributed by atoms with Crippen LogP contribution in [0.1, 0.15) is 71.1 Å². The molecule has 7 rings (SSSR count). The van der Waals surface area contributed by atoms with Crippen molar-refractivity contribution in [1.29, 1.82) is 0 Å². The molecule has 47 heavy (non-hydrogen) atoms. The molecule has 6 bridgehead atoms. The number of nitrogens with zero attached hydrogens (tertiary/aromatic N) is 7. The molecule has 0 aromatic heterocycles. The van der Waals surface area contributed by atoms with E-state index in [2.05, 4.69) is 34.9 Å². The highest BCUT2D eigenvalue weighted by Crippen LogP contribution is 2.49. The molecule has 1 amide bonds. The highest BCUT2D eigenvalue weighted by Gasteiger charge is 2.51. The Bertz CT molecular complexity index is 1040. The van der Waals surface area contributed by atoms with E-state index in [1.54, 1.807) is 0 Å². The van der Waals surface area contributed by atoms with Crippen molar-refractivity contribution in [1.82, 2.24) is 24.9 Å². The Kier molecular flexibility index (Phi) is 15.7. The highest BCUT2D eigenvalue weighted by atomic mass is 16.6. The average Bonchev–Trinajstić information content (AvgIpc) is 3.70. The van der Waals surface area contributed by atoms with E-state index in [9.17, 15) is 19.2 Å². The van der Waals surface area contributed by atoms with Gasteiger partial charge in [0, 0.05) is 88.6 Å². The molecule has 14 heteroatoms. The van der Waals surface area contributed by atoms with Crippen LogP contribution in [0.4, 0.5) is 0 Å². The minimum absolute atomic E-state index is 0.0164. The lowest BCUT2D eigenvalue weighted by molar-refractivity contribution is -0.151. The molecule has 0 spiro atoms. The third-order valence-corrected chi connectivity index (χ3v) is 10.1. The average molecular weight is 661 g/mol. The van der Waals surface area contributed by atoms with E-state index in [0.29, 0.717) is 96.7 Å². The van der Waals surface area contributed by atoms with Crippen molar-refractivity contribution in [2.45, 2.75) is 83.3 Å². The van der Waals surface area contributed by atoms with Crippen LogP contribution in [0, 0.1) is 11.8 Å². The number of ketones is 1. The number of azide groups is 1. The van der Waals surface area contributed by atoms with Gasteiger partial charge in [0.15, 0.2) is 0 Å². The van der Waals surface area contributed by atoms with E-state index in [1.165, 1.54) is 0 Å². The predicted molar refractivity (Wildman–Crippen MR) is 176 cm³/mol. The van der Waals surface area contributed by atoms with Gasteiger partial charge in [-0.15, -0.1) is 0 Å². The van der Waals surface area contributed by atoms with Crippen LogP contribution in [0.5, 0.6) is 0 Å². The Morgan fingerprint density at radius 3 is 1.89 bits per heavy atom. The van der Waals surface area contributed by atoms with Crippen molar-refractivity contribution in [2.75, 3.05) is 91.6 Å². The van der Waals surface area contributed by atoms with E-state index in [1.807, 2.05) is 6.92 Å². The summed E-state index contributed by atoms with van der Waals surface area (Å²) in [6, 6.07) is 0. The molecule has 2 saturated carbocycles. The van der Waals surface area contributed by atoms with Crippen LogP contribution in [0.25, 0.3) is 10.4 Å². The Labute approximate surface area is 279 Å². The minimum Gasteiger partial charge on any atom is -0.461 e. The third kappa shape index (κ3) is 13.3. The highest BCUT2D eigenvalue weighted by molar-refractivity contribution is 5.80. The van der Waals surface area contributed by atoms with Gasteiger partial charge in [-0.3, -0.25) is 38.8 Å².